The molecule has 0 amide bonds. The van der Waals surface area contributed by atoms with Gasteiger partial charge >= 0.3 is 0 Å². The number of rotatable bonds is 6. The van der Waals surface area contributed by atoms with Crippen LogP contribution in [-0.2, 0) is 0 Å². The van der Waals surface area contributed by atoms with E-state index in [1.165, 1.54) is 0 Å². The average Bonchev–Trinajstić information content (AvgIpc) is 2.29. The van der Waals surface area contributed by atoms with Gasteiger partial charge in [0.15, 0.2) is 0 Å². The maximum absolute atomic E-state index is 5.70. The summed E-state index contributed by atoms with van der Waals surface area (Å²) in [4.78, 5) is 4.23. The number of aromatic nitrogens is 1. The van der Waals surface area contributed by atoms with E-state index in [0.29, 0.717) is 0 Å². The number of nitrogens with two attached hydrogens (primary N) is 1. The van der Waals surface area contributed by atoms with E-state index in [2.05, 4.69) is 31.2 Å². The molecule has 0 radical (unpaired) electrons. The Labute approximate surface area is 110 Å². The zero-order valence-corrected chi connectivity index (χ0v) is 12.0. The SMILES string of the molecule is CCC(C)(C)C(NN)c1cncc(OC(C)C)c1. The molecule has 0 bridgehead atoms. The predicted molar refractivity (Wildman–Crippen MR) is 74.1 cm³/mol. The number of pyridine rings is 1. The Morgan fingerprint density at radius 2 is 2.06 bits per heavy atom. The van der Waals surface area contributed by atoms with Gasteiger partial charge in [0.25, 0.3) is 0 Å². The molecule has 1 heterocycles. The molecular formula is C14H25N3O. The van der Waals surface area contributed by atoms with Gasteiger partial charge in [0.1, 0.15) is 5.75 Å². The van der Waals surface area contributed by atoms with Gasteiger partial charge in [0.05, 0.1) is 18.3 Å². The van der Waals surface area contributed by atoms with Crippen LogP contribution in [0.25, 0.3) is 0 Å². The maximum Gasteiger partial charge on any atom is 0.138 e. The first-order chi connectivity index (χ1) is 8.40. The zero-order valence-electron chi connectivity index (χ0n) is 12.0. The molecule has 0 aliphatic heterocycles. The smallest absolute Gasteiger partial charge is 0.138 e. The van der Waals surface area contributed by atoms with Crippen molar-refractivity contribution in [3.63, 3.8) is 0 Å². The van der Waals surface area contributed by atoms with Crippen LogP contribution in [0.2, 0.25) is 0 Å². The number of nitrogens with zero attached hydrogens (tertiary/aromatic N) is 1. The van der Waals surface area contributed by atoms with Crippen LogP contribution in [-0.4, -0.2) is 11.1 Å². The summed E-state index contributed by atoms with van der Waals surface area (Å²) in [7, 11) is 0. The molecule has 1 unspecified atom stereocenters. The van der Waals surface area contributed by atoms with Crippen molar-refractivity contribution in [3.8, 4) is 5.75 Å². The number of hydrogen-bond acceptors (Lipinski definition) is 4. The summed E-state index contributed by atoms with van der Waals surface area (Å²) in [6.07, 6.45) is 4.74. The standard InChI is InChI=1S/C14H25N3O/c1-6-14(4,5)13(17-15)11-7-12(9-16-8-11)18-10(2)3/h7-10,13,17H,6,15H2,1-5H3. The minimum absolute atomic E-state index is 0.0608. The fourth-order valence-electron chi connectivity index (χ4n) is 1.91. The van der Waals surface area contributed by atoms with Gasteiger partial charge in [-0.3, -0.25) is 16.3 Å². The highest BCUT2D eigenvalue weighted by molar-refractivity contribution is 5.27. The van der Waals surface area contributed by atoms with Gasteiger partial charge in [-0.05, 0) is 37.3 Å². The normalized spacial score (nSPS) is 13.7. The number of hydrazine groups is 1. The zero-order chi connectivity index (χ0) is 13.8. The van der Waals surface area contributed by atoms with E-state index < -0.39 is 0 Å². The highest BCUT2D eigenvalue weighted by Gasteiger charge is 2.28. The number of hydrogen-bond donors (Lipinski definition) is 2. The first-order valence-electron chi connectivity index (χ1n) is 6.48. The number of nitrogens with one attached hydrogen (secondary N) is 1. The molecule has 4 heteroatoms. The molecule has 4 nitrogen and oxygen atoms in total. The van der Waals surface area contributed by atoms with E-state index in [9.17, 15) is 0 Å². The molecule has 18 heavy (non-hydrogen) atoms. The van der Waals surface area contributed by atoms with Crippen molar-refractivity contribution >= 4 is 0 Å². The largest absolute Gasteiger partial charge is 0.489 e. The maximum atomic E-state index is 5.70. The first-order valence-corrected chi connectivity index (χ1v) is 6.48. The lowest BCUT2D eigenvalue weighted by molar-refractivity contribution is 0.228. The molecule has 102 valence electrons. The summed E-state index contributed by atoms with van der Waals surface area (Å²) in [5.74, 6) is 6.49. The molecule has 0 spiro atoms. The lowest BCUT2D eigenvalue weighted by Crippen LogP contribution is -2.38. The number of ether oxygens (including phenoxy) is 1. The van der Waals surface area contributed by atoms with Gasteiger partial charge in [-0.2, -0.15) is 0 Å². The Hall–Kier alpha value is -1.13. The second-order valence-corrected chi connectivity index (χ2v) is 5.56. The van der Waals surface area contributed by atoms with E-state index in [1.807, 2.05) is 26.1 Å². The van der Waals surface area contributed by atoms with Gasteiger partial charge in [-0.25, -0.2) is 0 Å². The second-order valence-electron chi connectivity index (χ2n) is 5.56. The van der Waals surface area contributed by atoms with Gasteiger partial charge in [-0.1, -0.05) is 20.8 Å². The summed E-state index contributed by atoms with van der Waals surface area (Å²) in [5, 5.41) is 0. The lowest BCUT2D eigenvalue weighted by Gasteiger charge is -2.33. The van der Waals surface area contributed by atoms with E-state index in [0.717, 1.165) is 17.7 Å². The van der Waals surface area contributed by atoms with E-state index in [-0.39, 0.29) is 17.6 Å². The van der Waals surface area contributed by atoms with Crippen LogP contribution in [0.15, 0.2) is 18.5 Å². The molecule has 0 aliphatic carbocycles. The molecule has 0 saturated heterocycles. The Balaban J connectivity index is 3.00. The van der Waals surface area contributed by atoms with Crippen LogP contribution >= 0.6 is 0 Å². The Morgan fingerprint density at radius 1 is 1.39 bits per heavy atom. The molecule has 1 atom stereocenters. The molecule has 0 aliphatic rings. The molecule has 1 aromatic rings. The fraction of sp³-hybridized carbons (Fsp3) is 0.643. The summed E-state index contributed by atoms with van der Waals surface area (Å²) in [6, 6.07) is 2.07. The predicted octanol–water partition coefficient (Wildman–Crippen LogP) is 2.81. The van der Waals surface area contributed by atoms with Crippen molar-refractivity contribution in [1.82, 2.24) is 10.4 Å². The third-order valence-corrected chi connectivity index (χ3v) is 3.30. The van der Waals surface area contributed by atoms with Gasteiger partial charge in [0.2, 0.25) is 0 Å². The molecule has 1 rings (SSSR count). The van der Waals surface area contributed by atoms with E-state index >= 15 is 0 Å². The summed E-state index contributed by atoms with van der Waals surface area (Å²) in [6.45, 7) is 10.5. The van der Waals surface area contributed by atoms with E-state index in [1.54, 1.807) is 6.20 Å². The Morgan fingerprint density at radius 3 is 2.56 bits per heavy atom. The van der Waals surface area contributed by atoms with Crippen LogP contribution in [0.4, 0.5) is 0 Å². The van der Waals surface area contributed by atoms with Crippen molar-refractivity contribution in [2.24, 2.45) is 11.3 Å². The summed E-state index contributed by atoms with van der Waals surface area (Å²) >= 11 is 0. The van der Waals surface area contributed by atoms with Gasteiger partial charge in [-0.15, -0.1) is 0 Å². The fourth-order valence-corrected chi connectivity index (χ4v) is 1.91. The molecule has 0 saturated carbocycles. The van der Waals surface area contributed by atoms with Crippen LogP contribution < -0.4 is 16.0 Å². The van der Waals surface area contributed by atoms with Crippen LogP contribution in [0.3, 0.4) is 0 Å². The quantitative estimate of drug-likeness (QED) is 0.603. The third-order valence-electron chi connectivity index (χ3n) is 3.30. The second kappa shape index (κ2) is 6.16. The molecule has 0 aromatic carbocycles. The Bertz CT molecular complexity index is 377. The average molecular weight is 251 g/mol. The monoisotopic (exact) mass is 251 g/mol. The first kappa shape index (κ1) is 14.9. The molecule has 3 N–H and O–H groups in total. The van der Waals surface area contributed by atoms with Crippen LogP contribution in [0.1, 0.15) is 52.6 Å². The summed E-state index contributed by atoms with van der Waals surface area (Å²) < 4.78 is 5.66. The van der Waals surface area contributed by atoms with Crippen molar-refractivity contribution in [3.05, 3.63) is 24.0 Å². The van der Waals surface area contributed by atoms with Crippen molar-refractivity contribution in [1.29, 1.82) is 0 Å². The van der Waals surface area contributed by atoms with E-state index in [4.69, 9.17) is 10.6 Å². The van der Waals surface area contributed by atoms with Crippen molar-refractivity contribution < 1.29 is 4.74 Å². The lowest BCUT2D eigenvalue weighted by atomic mass is 9.79. The van der Waals surface area contributed by atoms with Crippen molar-refractivity contribution in [2.45, 2.75) is 53.2 Å². The minimum Gasteiger partial charge on any atom is -0.489 e. The van der Waals surface area contributed by atoms with Gasteiger partial charge < -0.3 is 4.74 Å². The van der Waals surface area contributed by atoms with Gasteiger partial charge in [0, 0.05) is 6.20 Å². The van der Waals surface area contributed by atoms with Crippen LogP contribution in [0, 0.1) is 5.41 Å². The van der Waals surface area contributed by atoms with Crippen LogP contribution in [0.5, 0.6) is 5.75 Å². The molecule has 0 fully saturated rings. The highest BCUT2D eigenvalue weighted by atomic mass is 16.5. The Kier molecular flexibility index (Phi) is 5.11. The third kappa shape index (κ3) is 3.68. The minimum atomic E-state index is 0.0608. The molecular weight excluding hydrogens is 226 g/mol. The topological polar surface area (TPSA) is 60.2 Å². The van der Waals surface area contributed by atoms with Crippen molar-refractivity contribution in [2.75, 3.05) is 0 Å². The molecule has 1 aromatic heterocycles. The summed E-state index contributed by atoms with van der Waals surface area (Å²) in [5.41, 5.74) is 4.01. The highest BCUT2D eigenvalue weighted by Crippen LogP contribution is 2.36.